The number of ether oxygens (including phenoxy) is 2. The van der Waals surface area contributed by atoms with Crippen LogP contribution in [0.3, 0.4) is 0 Å². The third-order valence-corrected chi connectivity index (χ3v) is 8.78. The molecular formula is C25H42O3. The highest BCUT2D eigenvalue weighted by Crippen LogP contribution is 2.64. The summed E-state index contributed by atoms with van der Waals surface area (Å²) in [7, 11) is 0. The molecule has 0 aromatic heterocycles. The van der Waals surface area contributed by atoms with Gasteiger partial charge in [0.15, 0.2) is 0 Å². The Kier molecular flexibility index (Phi) is 6.95. The maximum Gasteiger partial charge on any atom is 0.312 e. The van der Waals surface area contributed by atoms with E-state index >= 15 is 0 Å². The Labute approximate surface area is 172 Å². The average Bonchev–Trinajstić information content (AvgIpc) is 2.67. The number of rotatable bonds is 7. The molecule has 0 amide bonds. The molecule has 0 aromatic rings. The molecule has 0 N–H and O–H groups in total. The molecule has 3 aliphatic rings. The van der Waals surface area contributed by atoms with Gasteiger partial charge in [-0.3, -0.25) is 4.79 Å². The van der Waals surface area contributed by atoms with E-state index < -0.39 is 0 Å². The molecule has 3 rings (SSSR count). The topological polar surface area (TPSA) is 35.5 Å². The molecule has 28 heavy (non-hydrogen) atoms. The first-order valence-corrected chi connectivity index (χ1v) is 11.7. The molecule has 0 saturated heterocycles. The second-order valence-electron chi connectivity index (χ2n) is 10.6. The van der Waals surface area contributed by atoms with Crippen molar-refractivity contribution >= 4 is 5.97 Å². The molecule has 0 aromatic carbocycles. The van der Waals surface area contributed by atoms with Crippen molar-refractivity contribution in [3.63, 3.8) is 0 Å². The van der Waals surface area contributed by atoms with Crippen molar-refractivity contribution in [3.8, 4) is 0 Å². The number of hydrogen-bond acceptors (Lipinski definition) is 3. The molecular weight excluding hydrogens is 348 g/mol. The van der Waals surface area contributed by atoms with Crippen molar-refractivity contribution in [1.29, 1.82) is 0 Å². The molecule has 0 spiro atoms. The van der Waals surface area contributed by atoms with Crippen LogP contribution in [-0.4, -0.2) is 25.8 Å². The van der Waals surface area contributed by atoms with E-state index in [2.05, 4.69) is 34.3 Å². The minimum Gasteiger partial charge on any atom is -0.463 e. The van der Waals surface area contributed by atoms with Gasteiger partial charge in [0.2, 0.25) is 0 Å². The summed E-state index contributed by atoms with van der Waals surface area (Å²) in [4.78, 5) is 13.2. The smallest absolute Gasteiger partial charge is 0.312 e. The molecule has 0 bridgehead atoms. The predicted molar refractivity (Wildman–Crippen MR) is 114 cm³/mol. The maximum atomic E-state index is 13.2. The minimum atomic E-state index is -0.328. The van der Waals surface area contributed by atoms with Crippen LogP contribution in [0.15, 0.2) is 12.7 Å². The second kappa shape index (κ2) is 8.90. The zero-order chi connectivity index (χ0) is 20.4. The van der Waals surface area contributed by atoms with Crippen molar-refractivity contribution in [2.45, 2.75) is 79.1 Å². The van der Waals surface area contributed by atoms with Crippen molar-refractivity contribution in [2.24, 2.45) is 40.4 Å². The summed E-state index contributed by atoms with van der Waals surface area (Å²) >= 11 is 0. The Hall–Kier alpha value is -0.830. The molecule has 3 fully saturated rings. The molecule has 3 saturated carbocycles. The molecule has 3 unspecified atom stereocenters. The lowest BCUT2D eigenvalue weighted by Gasteiger charge is -2.61. The van der Waals surface area contributed by atoms with E-state index in [1.165, 1.54) is 38.5 Å². The van der Waals surface area contributed by atoms with Crippen LogP contribution in [0.2, 0.25) is 0 Å². The summed E-state index contributed by atoms with van der Waals surface area (Å²) in [6, 6.07) is 0. The summed E-state index contributed by atoms with van der Waals surface area (Å²) in [5, 5.41) is 0. The summed E-state index contributed by atoms with van der Waals surface area (Å²) in [5.41, 5.74) is -0.0263. The SMILES string of the molecule is C=CCOCCOC(=O)[C@@]1(C)CCC[C@@]2(C)C1CCC1CC(C(C)C)CC[C@H]12. The predicted octanol–water partition coefficient (Wildman–Crippen LogP) is 6.03. The van der Waals surface area contributed by atoms with Gasteiger partial charge in [0.05, 0.1) is 18.6 Å². The Morgan fingerprint density at radius 2 is 1.93 bits per heavy atom. The Morgan fingerprint density at radius 3 is 2.64 bits per heavy atom. The largest absolute Gasteiger partial charge is 0.463 e. The van der Waals surface area contributed by atoms with Crippen LogP contribution in [0.25, 0.3) is 0 Å². The summed E-state index contributed by atoms with van der Waals surface area (Å²) in [5.74, 6) is 3.85. The monoisotopic (exact) mass is 390 g/mol. The molecule has 6 atom stereocenters. The first-order valence-electron chi connectivity index (χ1n) is 11.7. The van der Waals surface area contributed by atoms with Gasteiger partial charge in [-0.05, 0) is 86.9 Å². The zero-order valence-corrected chi connectivity index (χ0v) is 18.7. The fraction of sp³-hybridized carbons (Fsp3) is 0.880. The van der Waals surface area contributed by atoms with Crippen LogP contribution < -0.4 is 0 Å². The number of esters is 1. The van der Waals surface area contributed by atoms with E-state index in [0.717, 1.165) is 36.5 Å². The number of hydrogen-bond donors (Lipinski definition) is 0. The molecule has 3 heteroatoms. The van der Waals surface area contributed by atoms with E-state index in [4.69, 9.17) is 9.47 Å². The Morgan fingerprint density at radius 1 is 1.14 bits per heavy atom. The third-order valence-electron chi connectivity index (χ3n) is 8.78. The first kappa shape index (κ1) is 21.9. The van der Waals surface area contributed by atoms with Gasteiger partial charge in [-0.2, -0.15) is 0 Å². The van der Waals surface area contributed by atoms with Crippen LogP contribution in [0.1, 0.15) is 79.1 Å². The number of carbonyl (C=O) groups excluding carboxylic acids is 1. The second-order valence-corrected chi connectivity index (χ2v) is 10.6. The van der Waals surface area contributed by atoms with E-state index in [1.807, 2.05) is 0 Å². The van der Waals surface area contributed by atoms with Crippen LogP contribution in [0, 0.1) is 40.4 Å². The fourth-order valence-corrected chi connectivity index (χ4v) is 7.25. The Balaban J connectivity index is 1.68. The zero-order valence-electron chi connectivity index (χ0n) is 18.7. The first-order chi connectivity index (χ1) is 13.3. The van der Waals surface area contributed by atoms with Crippen molar-refractivity contribution in [1.82, 2.24) is 0 Å². The van der Waals surface area contributed by atoms with E-state index in [0.29, 0.717) is 31.2 Å². The van der Waals surface area contributed by atoms with Crippen LogP contribution >= 0.6 is 0 Å². The molecule has 0 radical (unpaired) electrons. The van der Waals surface area contributed by atoms with Crippen LogP contribution in [-0.2, 0) is 14.3 Å². The molecule has 3 nitrogen and oxygen atoms in total. The summed E-state index contributed by atoms with van der Waals surface area (Å²) in [6.07, 6.45) is 11.8. The average molecular weight is 391 g/mol. The van der Waals surface area contributed by atoms with E-state index in [9.17, 15) is 4.79 Å². The lowest BCUT2D eigenvalue weighted by atomic mass is 9.43. The van der Waals surface area contributed by atoms with Gasteiger partial charge in [-0.25, -0.2) is 0 Å². The molecule has 0 heterocycles. The lowest BCUT2D eigenvalue weighted by molar-refractivity contribution is -0.180. The van der Waals surface area contributed by atoms with Crippen molar-refractivity contribution in [3.05, 3.63) is 12.7 Å². The normalized spacial score (nSPS) is 40.5. The highest BCUT2D eigenvalue weighted by molar-refractivity contribution is 5.77. The lowest BCUT2D eigenvalue weighted by Crippen LogP contribution is -2.56. The highest BCUT2D eigenvalue weighted by atomic mass is 16.6. The van der Waals surface area contributed by atoms with Gasteiger partial charge in [-0.15, -0.1) is 6.58 Å². The molecule has 0 aliphatic heterocycles. The van der Waals surface area contributed by atoms with Crippen LogP contribution in [0.5, 0.6) is 0 Å². The number of carbonyl (C=O) groups is 1. The molecule has 3 aliphatic carbocycles. The summed E-state index contributed by atoms with van der Waals surface area (Å²) < 4.78 is 11.1. The quantitative estimate of drug-likeness (QED) is 0.302. The van der Waals surface area contributed by atoms with Gasteiger partial charge >= 0.3 is 5.97 Å². The summed E-state index contributed by atoms with van der Waals surface area (Å²) in [6.45, 7) is 14.5. The van der Waals surface area contributed by atoms with Gasteiger partial charge in [0, 0.05) is 0 Å². The highest BCUT2D eigenvalue weighted by Gasteiger charge is 2.59. The van der Waals surface area contributed by atoms with Crippen molar-refractivity contribution in [2.75, 3.05) is 19.8 Å². The van der Waals surface area contributed by atoms with Crippen molar-refractivity contribution < 1.29 is 14.3 Å². The van der Waals surface area contributed by atoms with Gasteiger partial charge in [0.25, 0.3) is 0 Å². The minimum absolute atomic E-state index is 0.0138. The van der Waals surface area contributed by atoms with Gasteiger partial charge in [-0.1, -0.05) is 33.3 Å². The van der Waals surface area contributed by atoms with Gasteiger partial charge in [0.1, 0.15) is 6.61 Å². The fourth-order valence-electron chi connectivity index (χ4n) is 7.25. The third kappa shape index (κ3) is 4.06. The van der Waals surface area contributed by atoms with E-state index in [1.54, 1.807) is 6.08 Å². The Bertz CT molecular complexity index is 556. The maximum absolute atomic E-state index is 13.2. The molecule has 160 valence electrons. The van der Waals surface area contributed by atoms with Crippen LogP contribution in [0.4, 0.5) is 0 Å². The standard InChI is InChI=1S/C25H42O3/c1-6-14-27-15-16-28-23(26)25(5)13-7-12-24(4)21-10-8-19(18(2)3)17-20(21)9-11-22(24)25/h6,18-22H,1,7-17H2,2-5H3/t19?,20?,21-,22?,24-,25+/m1/s1. The van der Waals surface area contributed by atoms with E-state index in [-0.39, 0.29) is 11.4 Å². The number of fused-ring (bicyclic) bond motifs is 3. The van der Waals surface area contributed by atoms with Gasteiger partial charge < -0.3 is 9.47 Å².